The highest BCUT2D eigenvalue weighted by atomic mass is 17.2. The van der Waals surface area contributed by atoms with E-state index in [1.807, 2.05) is 0 Å². The minimum absolute atomic E-state index is 0.000971. The molecule has 0 bridgehead atoms. The summed E-state index contributed by atoms with van der Waals surface area (Å²) in [5.74, 6) is -2.11. The molecule has 0 spiro atoms. The van der Waals surface area contributed by atoms with E-state index in [2.05, 4.69) is 9.78 Å². The first-order valence-electron chi connectivity index (χ1n) is 6.59. The number of carbonyl (C=O) groups is 2. The highest BCUT2D eigenvalue weighted by Gasteiger charge is 2.17. The van der Waals surface area contributed by atoms with Crippen molar-refractivity contribution < 1.29 is 39.1 Å². The zero-order valence-electron chi connectivity index (χ0n) is 11.9. The molecular formula is C14H18O8. The van der Waals surface area contributed by atoms with Gasteiger partial charge in [0.25, 0.3) is 0 Å². The smallest absolute Gasteiger partial charge is 0.373 e. The zero-order chi connectivity index (χ0) is 16.2. The van der Waals surface area contributed by atoms with Crippen molar-refractivity contribution in [2.24, 2.45) is 0 Å². The predicted molar refractivity (Wildman–Crippen MR) is 73.5 cm³/mol. The normalized spacial score (nSPS) is 10.4. The van der Waals surface area contributed by atoms with Crippen LogP contribution in [0.25, 0.3) is 0 Å². The number of carboxylic acid groups (broad SMARTS) is 1. The molecule has 1 rings (SSSR count). The molecule has 8 nitrogen and oxygen atoms in total. The van der Waals surface area contributed by atoms with Crippen LogP contribution in [0.3, 0.4) is 0 Å². The van der Waals surface area contributed by atoms with Crippen molar-refractivity contribution in [2.75, 3.05) is 39.6 Å². The Morgan fingerprint density at radius 3 is 2.14 bits per heavy atom. The summed E-state index contributed by atoms with van der Waals surface area (Å²) in [6, 6.07) is 5.67. The fourth-order valence-corrected chi connectivity index (χ4v) is 1.47. The maximum Gasteiger partial charge on any atom is 0.373 e. The number of aliphatic hydroxyl groups excluding tert-OH is 1. The van der Waals surface area contributed by atoms with Crippen LogP contribution in [0.2, 0.25) is 0 Å². The summed E-state index contributed by atoms with van der Waals surface area (Å²) in [5, 5.41) is 17.4. The van der Waals surface area contributed by atoms with Gasteiger partial charge >= 0.3 is 11.9 Å². The lowest BCUT2D eigenvalue weighted by Gasteiger charge is -2.07. The number of rotatable bonds is 11. The Bertz CT molecular complexity index is 474. The summed E-state index contributed by atoms with van der Waals surface area (Å²) in [7, 11) is 0. The number of benzene rings is 1. The van der Waals surface area contributed by atoms with Gasteiger partial charge in [-0.1, -0.05) is 12.1 Å². The molecule has 8 heteroatoms. The molecular weight excluding hydrogens is 296 g/mol. The molecule has 0 fully saturated rings. The Balaban J connectivity index is 2.20. The summed E-state index contributed by atoms with van der Waals surface area (Å²) >= 11 is 0. The molecule has 0 unspecified atom stereocenters. The van der Waals surface area contributed by atoms with Crippen LogP contribution in [0.15, 0.2) is 24.3 Å². The molecule has 2 N–H and O–H groups in total. The molecule has 0 aliphatic carbocycles. The molecule has 1 aromatic rings. The quantitative estimate of drug-likeness (QED) is 0.345. The van der Waals surface area contributed by atoms with E-state index in [0.717, 1.165) is 0 Å². The maximum atomic E-state index is 11.7. The third kappa shape index (κ3) is 6.64. The van der Waals surface area contributed by atoms with Crippen molar-refractivity contribution in [1.29, 1.82) is 0 Å². The second-order valence-corrected chi connectivity index (χ2v) is 3.99. The summed E-state index contributed by atoms with van der Waals surface area (Å²) < 4.78 is 10.1. The van der Waals surface area contributed by atoms with Crippen molar-refractivity contribution >= 4 is 11.9 Å². The number of hydrogen-bond donors (Lipinski definition) is 2. The molecule has 0 atom stereocenters. The Kier molecular flexibility index (Phi) is 8.77. The minimum atomic E-state index is -1.22. The highest BCUT2D eigenvalue weighted by Crippen LogP contribution is 2.10. The van der Waals surface area contributed by atoms with Crippen molar-refractivity contribution in [3.8, 4) is 0 Å². The summed E-state index contributed by atoms with van der Waals surface area (Å²) in [5.41, 5.74) is -0.248. The molecule has 22 heavy (non-hydrogen) atoms. The van der Waals surface area contributed by atoms with Gasteiger partial charge in [-0.15, -0.1) is 0 Å². The van der Waals surface area contributed by atoms with Gasteiger partial charge < -0.3 is 19.7 Å². The van der Waals surface area contributed by atoms with Crippen LogP contribution in [-0.4, -0.2) is 61.8 Å². The Labute approximate surface area is 127 Å². The standard InChI is InChI=1S/C14H18O8/c15-5-6-19-7-8-20-9-10-21-22-14(18)12-4-2-1-3-11(12)13(16)17/h1-4,15H,5-10H2,(H,16,17). The van der Waals surface area contributed by atoms with E-state index in [4.69, 9.17) is 19.7 Å². The Morgan fingerprint density at radius 2 is 1.50 bits per heavy atom. The van der Waals surface area contributed by atoms with E-state index in [1.54, 1.807) is 0 Å². The molecule has 1 aromatic carbocycles. The van der Waals surface area contributed by atoms with E-state index in [1.165, 1.54) is 24.3 Å². The Hall–Kier alpha value is -2.00. The van der Waals surface area contributed by atoms with Crippen molar-refractivity contribution in [3.63, 3.8) is 0 Å². The maximum absolute atomic E-state index is 11.7. The number of ether oxygens (including phenoxy) is 2. The molecule has 0 heterocycles. The monoisotopic (exact) mass is 314 g/mol. The summed E-state index contributed by atoms with van der Waals surface area (Å²) in [6.07, 6.45) is 0. The van der Waals surface area contributed by atoms with Gasteiger partial charge in [-0.3, -0.25) is 4.89 Å². The van der Waals surface area contributed by atoms with Crippen LogP contribution in [0.4, 0.5) is 0 Å². The van der Waals surface area contributed by atoms with Gasteiger partial charge in [-0.05, 0) is 12.1 Å². The van der Waals surface area contributed by atoms with E-state index >= 15 is 0 Å². The topological polar surface area (TPSA) is 112 Å². The number of carboxylic acids is 1. The SMILES string of the molecule is O=C(O)c1ccccc1C(=O)OOCCOCCOCCO. The van der Waals surface area contributed by atoms with Gasteiger partial charge in [-0.25, -0.2) is 9.59 Å². The van der Waals surface area contributed by atoms with Crippen molar-refractivity contribution in [3.05, 3.63) is 35.4 Å². The van der Waals surface area contributed by atoms with E-state index in [9.17, 15) is 9.59 Å². The third-order valence-corrected chi connectivity index (χ3v) is 2.43. The van der Waals surface area contributed by atoms with E-state index in [0.29, 0.717) is 13.2 Å². The average Bonchev–Trinajstić information content (AvgIpc) is 2.53. The first-order chi connectivity index (χ1) is 10.7. The molecule has 0 saturated heterocycles. The average molecular weight is 314 g/mol. The number of hydrogen-bond acceptors (Lipinski definition) is 7. The fourth-order valence-electron chi connectivity index (χ4n) is 1.47. The fraction of sp³-hybridized carbons (Fsp3) is 0.429. The van der Waals surface area contributed by atoms with Gasteiger partial charge in [0, 0.05) is 0 Å². The highest BCUT2D eigenvalue weighted by molar-refractivity contribution is 6.02. The summed E-state index contributed by atoms with van der Waals surface area (Å²) in [4.78, 5) is 31.8. The third-order valence-electron chi connectivity index (χ3n) is 2.43. The zero-order valence-corrected chi connectivity index (χ0v) is 11.9. The van der Waals surface area contributed by atoms with Crippen LogP contribution >= 0.6 is 0 Å². The van der Waals surface area contributed by atoms with Crippen LogP contribution in [0.5, 0.6) is 0 Å². The van der Waals surface area contributed by atoms with Gasteiger partial charge in [0.15, 0.2) is 0 Å². The predicted octanol–water partition coefficient (Wildman–Crippen LogP) is 0.499. The van der Waals surface area contributed by atoms with Gasteiger partial charge in [0.2, 0.25) is 0 Å². The molecule has 0 radical (unpaired) electrons. The van der Waals surface area contributed by atoms with Crippen LogP contribution in [-0.2, 0) is 19.2 Å². The lowest BCUT2D eigenvalue weighted by atomic mass is 10.1. The van der Waals surface area contributed by atoms with Crippen LogP contribution in [0, 0.1) is 0 Å². The second kappa shape index (κ2) is 10.7. The first-order valence-corrected chi connectivity index (χ1v) is 6.59. The molecule has 0 aromatic heterocycles. The van der Waals surface area contributed by atoms with Gasteiger partial charge in [0.05, 0.1) is 44.2 Å². The Morgan fingerprint density at radius 1 is 0.909 bits per heavy atom. The summed E-state index contributed by atoms with van der Waals surface area (Å²) in [6.45, 7) is 1.04. The first kappa shape index (κ1) is 18.1. The molecule has 0 aliphatic heterocycles. The molecule has 0 saturated carbocycles. The van der Waals surface area contributed by atoms with Crippen LogP contribution in [0.1, 0.15) is 20.7 Å². The van der Waals surface area contributed by atoms with Crippen molar-refractivity contribution in [2.45, 2.75) is 0 Å². The lowest BCUT2D eigenvalue weighted by molar-refractivity contribution is -0.247. The number of aromatic carboxylic acids is 1. The van der Waals surface area contributed by atoms with E-state index in [-0.39, 0.29) is 37.6 Å². The van der Waals surface area contributed by atoms with Gasteiger partial charge in [-0.2, -0.15) is 4.89 Å². The lowest BCUT2D eigenvalue weighted by Crippen LogP contribution is -2.15. The molecule has 0 amide bonds. The molecule has 0 aliphatic rings. The van der Waals surface area contributed by atoms with Gasteiger partial charge in [0.1, 0.15) is 6.61 Å². The largest absolute Gasteiger partial charge is 0.478 e. The minimum Gasteiger partial charge on any atom is -0.478 e. The second-order valence-electron chi connectivity index (χ2n) is 3.99. The van der Waals surface area contributed by atoms with Crippen LogP contribution < -0.4 is 0 Å². The van der Waals surface area contributed by atoms with E-state index < -0.39 is 11.9 Å². The van der Waals surface area contributed by atoms with Crippen molar-refractivity contribution in [1.82, 2.24) is 0 Å². The number of aliphatic hydroxyl groups is 1. The molecule has 122 valence electrons. The number of carbonyl (C=O) groups excluding carboxylic acids is 1.